The van der Waals surface area contributed by atoms with Crippen LogP contribution in [0.15, 0.2) is 18.2 Å². The Hall–Kier alpha value is -2.75. The van der Waals surface area contributed by atoms with Gasteiger partial charge in [0.05, 0.1) is 18.2 Å². The normalized spacial score (nSPS) is 29.0. The van der Waals surface area contributed by atoms with Crippen LogP contribution in [0.3, 0.4) is 0 Å². The second-order valence-corrected chi connectivity index (χ2v) is 8.70. The number of nitriles is 1. The minimum absolute atomic E-state index is 0.144. The Morgan fingerprint density at radius 1 is 1.10 bits per heavy atom. The maximum Gasteiger partial charge on any atom is 0.321 e. The van der Waals surface area contributed by atoms with Gasteiger partial charge in [0.1, 0.15) is 0 Å². The highest BCUT2D eigenvalue weighted by molar-refractivity contribution is 5.95. The number of nitrogens with one attached hydrogen (secondary N) is 2. The van der Waals surface area contributed by atoms with Crippen molar-refractivity contribution in [2.24, 2.45) is 17.8 Å². The van der Waals surface area contributed by atoms with Crippen molar-refractivity contribution in [3.8, 4) is 17.6 Å². The predicted molar refractivity (Wildman–Crippen MR) is 105 cm³/mol. The van der Waals surface area contributed by atoms with E-state index < -0.39 is 11.9 Å². The van der Waals surface area contributed by atoms with Gasteiger partial charge in [-0.25, -0.2) is 4.79 Å². The lowest BCUT2D eigenvalue weighted by molar-refractivity contribution is -0.122. The third-order valence-electron chi connectivity index (χ3n) is 6.40. The smallest absolute Gasteiger partial charge is 0.321 e. The Labute approximate surface area is 170 Å². The number of nitrogens with zero attached hydrogens (tertiary/aromatic N) is 1. The molecule has 29 heavy (non-hydrogen) atoms. The van der Waals surface area contributed by atoms with Gasteiger partial charge in [-0.15, -0.1) is 0 Å². The van der Waals surface area contributed by atoms with E-state index >= 15 is 0 Å². The fourth-order valence-corrected chi connectivity index (χ4v) is 5.81. The highest BCUT2D eigenvalue weighted by atomic mass is 16.5. The Morgan fingerprint density at radius 3 is 2.34 bits per heavy atom. The van der Waals surface area contributed by atoms with Crippen molar-refractivity contribution in [3.05, 3.63) is 23.8 Å². The summed E-state index contributed by atoms with van der Waals surface area (Å²) >= 11 is 0. The highest BCUT2D eigenvalue weighted by Crippen LogP contribution is 2.55. The van der Waals surface area contributed by atoms with Gasteiger partial charge in [-0.2, -0.15) is 5.26 Å². The largest absolute Gasteiger partial charge is 0.490 e. The summed E-state index contributed by atoms with van der Waals surface area (Å²) in [5.74, 6) is 2.40. The zero-order chi connectivity index (χ0) is 20.4. The summed E-state index contributed by atoms with van der Waals surface area (Å²) in [6.07, 6.45) is 6.96. The molecule has 0 atom stereocenters. The standard InChI is InChI=1S/C22H27N3O4/c1-2-28-19-8-14(12-23)3-4-18(19)29-13-20(26)24-21(27)25-22-9-15-5-16(10-22)7-17(6-15)11-22/h3-4,8,15-17H,2,5-7,9-11,13H2,1H3,(H2,24,25,26,27). The second-order valence-electron chi connectivity index (χ2n) is 8.70. The SMILES string of the molecule is CCOc1cc(C#N)ccc1OCC(=O)NC(=O)NC12CC3CC(CC(C3)C1)C2. The minimum atomic E-state index is -0.515. The van der Waals surface area contributed by atoms with Crippen LogP contribution in [0.4, 0.5) is 4.79 Å². The molecule has 7 nitrogen and oxygen atoms in total. The van der Waals surface area contributed by atoms with Gasteiger partial charge in [0.15, 0.2) is 18.1 Å². The summed E-state index contributed by atoms with van der Waals surface area (Å²) in [6, 6.07) is 6.35. The molecule has 2 N–H and O–H groups in total. The number of benzene rings is 1. The first kappa shape index (κ1) is 19.6. The van der Waals surface area contributed by atoms with Crippen molar-refractivity contribution in [1.82, 2.24) is 10.6 Å². The van der Waals surface area contributed by atoms with E-state index in [1.54, 1.807) is 18.2 Å². The molecule has 0 heterocycles. The van der Waals surface area contributed by atoms with Crippen molar-refractivity contribution in [2.45, 2.75) is 51.0 Å². The van der Waals surface area contributed by atoms with Crippen LogP contribution < -0.4 is 20.1 Å². The number of carbonyl (C=O) groups is 2. The predicted octanol–water partition coefficient (Wildman–Crippen LogP) is 3.13. The molecule has 0 saturated heterocycles. The van der Waals surface area contributed by atoms with E-state index in [0.717, 1.165) is 19.3 Å². The van der Waals surface area contributed by atoms with Crippen LogP contribution in [-0.4, -0.2) is 30.7 Å². The number of urea groups is 1. The number of imide groups is 1. The van der Waals surface area contributed by atoms with Crippen molar-refractivity contribution in [3.63, 3.8) is 0 Å². The van der Waals surface area contributed by atoms with Gasteiger partial charge in [-0.05, 0) is 75.3 Å². The molecule has 7 heteroatoms. The van der Waals surface area contributed by atoms with E-state index in [9.17, 15) is 9.59 Å². The quantitative estimate of drug-likeness (QED) is 0.768. The Kier molecular flexibility index (Phi) is 5.35. The molecule has 4 aliphatic rings. The molecule has 0 aliphatic heterocycles. The molecule has 4 bridgehead atoms. The van der Waals surface area contributed by atoms with Crippen molar-refractivity contribution < 1.29 is 19.1 Å². The van der Waals surface area contributed by atoms with E-state index in [4.69, 9.17) is 14.7 Å². The lowest BCUT2D eigenvalue weighted by atomic mass is 9.53. The molecule has 0 radical (unpaired) electrons. The van der Waals surface area contributed by atoms with Crippen LogP contribution >= 0.6 is 0 Å². The first-order valence-corrected chi connectivity index (χ1v) is 10.4. The van der Waals surface area contributed by atoms with Gasteiger partial charge in [0.25, 0.3) is 5.91 Å². The Morgan fingerprint density at radius 2 is 1.76 bits per heavy atom. The summed E-state index contributed by atoms with van der Waals surface area (Å²) in [5.41, 5.74) is 0.301. The zero-order valence-corrected chi connectivity index (χ0v) is 16.7. The Bertz CT molecular complexity index is 810. The van der Waals surface area contributed by atoms with Crippen molar-refractivity contribution in [2.75, 3.05) is 13.2 Å². The molecule has 4 aliphatic carbocycles. The number of amides is 3. The molecule has 1 aromatic rings. The topological polar surface area (TPSA) is 100 Å². The number of hydrogen-bond donors (Lipinski definition) is 2. The maximum absolute atomic E-state index is 12.4. The number of rotatable bonds is 6. The molecule has 3 amide bonds. The second kappa shape index (κ2) is 7.94. The van der Waals surface area contributed by atoms with E-state index in [1.165, 1.54) is 19.3 Å². The summed E-state index contributed by atoms with van der Waals surface area (Å²) < 4.78 is 11.0. The first-order valence-electron chi connectivity index (χ1n) is 10.4. The summed E-state index contributed by atoms with van der Waals surface area (Å²) in [4.78, 5) is 24.7. The summed E-state index contributed by atoms with van der Waals surface area (Å²) in [7, 11) is 0. The zero-order valence-electron chi connectivity index (χ0n) is 16.7. The Balaban J connectivity index is 1.30. The highest BCUT2D eigenvalue weighted by Gasteiger charge is 2.51. The number of ether oxygens (including phenoxy) is 2. The first-order chi connectivity index (χ1) is 14.0. The van der Waals surface area contributed by atoms with E-state index in [0.29, 0.717) is 41.4 Å². The lowest BCUT2D eigenvalue weighted by Crippen LogP contribution is -2.62. The van der Waals surface area contributed by atoms with Gasteiger partial charge in [0.2, 0.25) is 0 Å². The molecule has 0 aromatic heterocycles. The maximum atomic E-state index is 12.4. The molecular weight excluding hydrogens is 370 g/mol. The molecule has 4 saturated carbocycles. The molecule has 0 spiro atoms. The van der Waals surface area contributed by atoms with Crippen LogP contribution in [0.25, 0.3) is 0 Å². The average molecular weight is 397 g/mol. The summed E-state index contributed by atoms with van der Waals surface area (Å²) in [5, 5.41) is 14.5. The molecule has 154 valence electrons. The fraction of sp³-hybridized carbons (Fsp3) is 0.591. The molecule has 4 fully saturated rings. The van der Waals surface area contributed by atoms with Gasteiger partial charge in [0, 0.05) is 11.6 Å². The van der Waals surface area contributed by atoms with Crippen LogP contribution in [0, 0.1) is 29.1 Å². The third-order valence-corrected chi connectivity index (χ3v) is 6.40. The number of hydrogen-bond acceptors (Lipinski definition) is 5. The van der Waals surface area contributed by atoms with Gasteiger partial charge < -0.3 is 14.8 Å². The average Bonchev–Trinajstić information content (AvgIpc) is 2.65. The minimum Gasteiger partial charge on any atom is -0.490 e. The number of carbonyl (C=O) groups excluding carboxylic acids is 2. The van der Waals surface area contributed by atoms with Crippen LogP contribution in [0.5, 0.6) is 11.5 Å². The van der Waals surface area contributed by atoms with Crippen LogP contribution in [-0.2, 0) is 4.79 Å². The molecule has 5 rings (SSSR count). The van der Waals surface area contributed by atoms with Crippen LogP contribution in [0.1, 0.15) is 51.0 Å². The monoisotopic (exact) mass is 397 g/mol. The fourth-order valence-electron chi connectivity index (χ4n) is 5.81. The van der Waals surface area contributed by atoms with E-state index in [2.05, 4.69) is 10.6 Å². The van der Waals surface area contributed by atoms with Gasteiger partial charge in [-0.1, -0.05) is 0 Å². The van der Waals surface area contributed by atoms with Gasteiger partial charge >= 0.3 is 6.03 Å². The van der Waals surface area contributed by atoms with Gasteiger partial charge in [-0.3, -0.25) is 10.1 Å². The molecule has 0 unspecified atom stereocenters. The van der Waals surface area contributed by atoms with E-state index in [-0.39, 0.29) is 12.1 Å². The molecular formula is C22H27N3O4. The van der Waals surface area contributed by atoms with Crippen molar-refractivity contribution >= 4 is 11.9 Å². The molecule has 1 aromatic carbocycles. The lowest BCUT2D eigenvalue weighted by Gasteiger charge is -2.56. The summed E-state index contributed by atoms with van der Waals surface area (Å²) in [6.45, 7) is 1.93. The van der Waals surface area contributed by atoms with E-state index in [1.807, 2.05) is 13.0 Å². The van der Waals surface area contributed by atoms with Crippen LogP contribution in [0.2, 0.25) is 0 Å². The van der Waals surface area contributed by atoms with Crippen molar-refractivity contribution in [1.29, 1.82) is 5.26 Å². The third kappa shape index (κ3) is 4.31.